The van der Waals surface area contributed by atoms with Crippen molar-refractivity contribution in [1.82, 2.24) is 4.90 Å². The molecule has 96 valence electrons. The first-order valence-electron chi connectivity index (χ1n) is 6.51. The molecule has 0 aromatic rings. The van der Waals surface area contributed by atoms with Crippen molar-refractivity contribution >= 4 is 0 Å². The van der Waals surface area contributed by atoms with E-state index in [-0.39, 0.29) is 0 Å². The molecule has 0 heterocycles. The smallest absolute Gasteiger partial charge is 0.0310 e. The van der Waals surface area contributed by atoms with E-state index in [1.807, 2.05) is 12.2 Å². The molecule has 0 amide bonds. The van der Waals surface area contributed by atoms with Gasteiger partial charge < -0.3 is 10.6 Å². The van der Waals surface area contributed by atoms with Gasteiger partial charge in [-0.1, -0.05) is 38.5 Å². The lowest BCUT2D eigenvalue weighted by Crippen LogP contribution is -2.28. The molecule has 0 fully saturated rings. The molecular formula is C15H26N2. The maximum Gasteiger partial charge on any atom is 0.0310 e. The summed E-state index contributed by atoms with van der Waals surface area (Å²) in [5, 5.41) is 0. The first kappa shape index (κ1) is 14.0. The van der Waals surface area contributed by atoms with Gasteiger partial charge in [0.25, 0.3) is 0 Å². The maximum absolute atomic E-state index is 5.81. The zero-order chi connectivity index (χ0) is 12.8. The minimum absolute atomic E-state index is 0.507. The molecule has 1 rings (SSSR count). The first-order chi connectivity index (χ1) is 8.04. The summed E-state index contributed by atoms with van der Waals surface area (Å²) in [5.74, 6) is 1.88. The number of rotatable bonds is 5. The highest BCUT2D eigenvalue weighted by molar-refractivity contribution is 5.26. The van der Waals surface area contributed by atoms with Crippen LogP contribution in [0.2, 0.25) is 0 Å². The Hall–Kier alpha value is -1.02. The Balaban J connectivity index is 2.71. The highest BCUT2D eigenvalue weighted by Crippen LogP contribution is 2.28. The summed E-state index contributed by atoms with van der Waals surface area (Å²) in [4.78, 5) is 2.27. The van der Waals surface area contributed by atoms with Gasteiger partial charge in [0.15, 0.2) is 0 Å². The summed E-state index contributed by atoms with van der Waals surface area (Å²) in [6.07, 6.45) is 11.8. The van der Waals surface area contributed by atoms with E-state index in [4.69, 9.17) is 5.73 Å². The highest BCUT2D eigenvalue weighted by Gasteiger charge is 2.22. The first-order valence-corrected chi connectivity index (χ1v) is 6.51. The monoisotopic (exact) mass is 234 g/mol. The van der Waals surface area contributed by atoms with Crippen molar-refractivity contribution in [3.63, 3.8) is 0 Å². The summed E-state index contributed by atoms with van der Waals surface area (Å²) in [7, 11) is 4.28. The highest BCUT2D eigenvalue weighted by atomic mass is 15.1. The van der Waals surface area contributed by atoms with E-state index in [9.17, 15) is 0 Å². The van der Waals surface area contributed by atoms with Crippen molar-refractivity contribution < 1.29 is 0 Å². The minimum atomic E-state index is 0.507. The Morgan fingerprint density at radius 1 is 1.35 bits per heavy atom. The molecule has 2 N–H and O–H groups in total. The third-order valence-electron chi connectivity index (χ3n) is 3.48. The van der Waals surface area contributed by atoms with Crippen LogP contribution in [0.3, 0.4) is 0 Å². The number of nitrogens with zero attached hydrogens (tertiary/aromatic N) is 1. The molecule has 1 aliphatic carbocycles. The van der Waals surface area contributed by atoms with Crippen LogP contribution in [0.15, 0.2) is 36.1 Å². The molecule has 0 aliphatic heterocycles. The van der Waals surface area contributed by atoms with E-state index >= 15 is 0 Å². The molecule has 3 atom stereocenters. The van der Waals surface area contributed by atoms with Gasteiger partial charge in [-0.25, -0.2) is 0 Å². The second-order valence-electron chi connectivity index (χ2n) is 5.30. The molecule has 2 nitrogen and oxygen atoms in total. The molecule has 0 aromatic heterocycles. The molecule has 0 radical (unpaired) electrons. The van der Waals surface area contributed by atoms with Gasteiger partial charge in [0.1, 0.15) is 0 Å². The lowest BCUT2D eigenvalue weighted by molar-refractivity contribution is 0.233. The Labute approximate surface area is 106 Å². The number of hydrogen-bond donors (Lipinski definition) is 1. The average Bonchev–Trinajstić information content (AvgIpc) is 2.44. The summed E-state index contributed by atoms with van der Waals surface area (Å²) in [6, 6.07) is 0. The van der Waals surface area contributed by atoms with Gasteiger partial charge in [-0.05, 0) is 44.0 Å². The van der Waals surface area contributed by atoms with Crippen LogP contribution in [0.1, 0.15) is 20.3 Å². The Morgan fingerprint density at radius 2 is 2.06 bits per heavy atom. The predicted molar refractivity (Wildman–Crippen MR) is 75.5 cm³/mol. The van der Waals surface area contributed by atoms with Gasteiger partial charge >= 0.3 is 0 Å². The van der Waals surface area contributed by atoms with Crippen molar-refractivity contribution in [2.45, 2.75) is 20.3 Å². The van der Waals surface area contributed by atoms with E-state index in [0.29, 0.717) is 17.8 Å². The second kappa shape index (κ2) is 6.65. The van der Waals surface area contributed by atoms with Crippen LogP contribution in [0.5, 0.6) is 0 Å². The van der Waals surface area contributed by atoms with Crippen LogP contribution < -0.4 is 5.73 Å². The van der Waals surface area contributed by atoms with Crippen molar-refractivity contribution in [1.29, 1.82) is 0 Å². The van der Waals surface area contributed by atoms with Crippen LogP contribution in [-0.4, -0.2) is 25.5 Å². The molecule has 0 bridgehead atoms. The van der Waals surface area contributed by atoms with Crippen molar-refractivity contribution in [2.75, 3.05) is 20.6 Å². The van der Waals surface area contributed by atoms with Gasteiger partial charge in [-0.2, -0.15) is 0 Å². The van der Waals surface area contributed by atoms with E-state index in [2.05, 4.69) is 51.1 Å². The zero-order valence-electron chi connectivity index (χ0n) is 11.6. The molecule has 0 spiro atoms. The normalized spacial score (nSPS) is 23.4. The summed E-state index contributed by atoms with van der Waals surface area (Å²) < 4.78 is 0. The third kappa shape index (κ3) is 4.39. The molecule has 0 aromatic carbocycles. The molecule has 1 aliphatic rings. The fraction of sp³-hybridized carbons (Fsp3) is 0.600. The van der Waals surface area contributed by atoms with Crippen LogP contribution in [0.4, 0.5) is 0 Å². The topological polar surface area (TPSA) is 29.3 Å². The fourth-order valence-electron chi connectivity index (χ4n) is 2.69. The molecular weight excluding hydrogens is 208 g/mol. The van der Waals surface area contributed by atoms with Crippen LogP contribution in [0.25, 0.3) is 0 Å². The van der Waals surface area contributed by atoms with Crippen LogP contribution >= 0.6 is 0 Å². The average molecular weight is 234 g/mol. The van der Waals surface area contributed by atoms with E-state index in [1.54, 1.807) is 0 Å². The SMILES string of the molecule is CC[C@@H](C1C=CC=C(N)C=C1)[C@@H](C)CN(C)C. The van der Waals surface area contributed by atoms with Gasteiger partial charge in [0.2, 0.25) is 0 Å². The number of hydrogen-bond acceptors (Lipinski definition) is 2. The van der Waals surface area contributed by atoms with Gasteiger partial charge in [-0.15, -0.1) is 0 Å². The van der Waals surface area contributed by atoms with E-state index < -0.39 is 0 Å². The van der Waals surface area contributed by atoms with Crippen molar-refractivity contribution in [3.8, 4) is 0 Å². The number of allylic oxidation sites excluding steroid dienone is 5. The van der Waals surface area contributed by atoms with Gasteiger partial charge in [-0.3, -0.25) is 0 Å². The zero-order valence-corrected chi connectivity index (χ0v) is 11.6. The standard InChI is InChI=1S/C15H26N2/c1-5-15(12(2)11-17(3)4)13-7-6-8-14(16)10-9-13/h6-10,12-13,15H,5,11,16H2,1-4H3/t12-,13?,15+/m0/s1. The summed E-state index contributed by atoms with van der Waals surface area (Å²) in [6.45, 7) is 5.76. The lowest BCUT2D eigenvalue weighted by atomic mass is 9.80. The molecule has 0 saturated heterocycles. The molecule has 0 saturated carbocycles. The maximum atomic E-state index is 5.81. The van der Waals surface area contributed by atoms with Crippen LogP contribution in [0, 0.1) is 17.8 Å². The number of nitrogens with two attached hydrogens (primary N) is 1. The van der Waals surface area contributed by atoms with Gasteiger partial charge in [0.05, 0.1) is 0 Å². The second-order valence-corrected chi connectivity index (χ2v) is 5.30. The predicted octanol–water partition coefficient (Wildman–Crippen LogP) is 2.80. The van der Waals surface area contributed by atoms with Crippen molar-refractivity contribution in [2.24, 2.45) is 23.5 Å². The third-order valence-corrected chi connectivity index (χ3v) is 3.48. The Bertz CT molecular complexity index is 313. The Kier molecular flexibility index (Phi) is 5.49. The lowest BCUT2D eigenvalue weighted by Gasteiger charge is -2.29. The fourth-order valence-corrected chi connectivity index (χ4v) is 2.69. The quantitative estimate of drug-likeness (QED) is 0.792. The largest absolute Gasteiger partial charge is 0.399 e. The molecule has 17 heavy (non-hydrogen) atoms. The van der Waals surface area contributed by atoms with E-state index in [0.717, 1.165) is 12.2 Å². The van der Waals surface area contributed by atoms with Crippen LogP contribution in [-0.2, 0) is 0 Å². The van der Waals surface area contributed by atoms with Crippen molar-refractivity contribution in [3.05, 3.63) is 36.1 Å². The summed E-state index contributed by atoms with van der Waals surface area (Å²) in [5.41, 5.74) is 6.66. The van der Waals surface area contributed by atoms with Gasteiger partial charge in [0, 0.05) is 12.2 Å². The molecule has 2 heteroatoms. The Morgan fingerprint density at radius 3 is 2.65 bits per heavy atom. The minimum Gasteiger partial charge on any atom is -0.399 e. The summed E-state index contributed by atoms with van der Waals surface area (Å²) >= 11 is 0. The van der Waals surface area contributed by atoms with E-state index in [1.165, 1.54) is 6.42 Å². The molecule has 1 unspecified atom stereocenters.